The van der Waals surface area contributed by atoms with Crippen molar-refractivity contribution in [2.75, 3.05) is 19.4 Å². The van der Waals surface area contributed by atoms with Crippen LogP contribution in [0.2, 0.25) is 0 Å². The highest BCUT2D eigenvalue weighted by Gasteiger charge is 2.54. The van der Waals surface area contributed by atoms with Crippen LogP contribution in [-0.4, -0.2) is 49.3 Å². The number of hydrogen-bond acceptors (Lipinski definition) is 6. The number of hydrogen-bond donors (Lipinski definition) is 2. The minimum atomic E-state index is -3.95. The van der Waals surface area contributed by atoms with E-state index in [1.807, 2.05) is 32.0 Å². The number of nitrogens with one attached hydrogen (secondary N) is 1. The first-order valence-corrected chi connectivity index (χ1v) is 13.0. The van der Waals surface area contributed by atoms with Gasteiger partial charge in [-0.15, -0.1) is 0 Å². The molecule has 0 spiro atoms. The number of sulfonamides is 1. The second-order valence-corrected chi connectivity index (χ2v) is 11.6. The highest BCUT2D eigenvalue weighted by molar-refractivity contribution is 7.98. The number of hydroxylamine groups is 1. The van der Waals surface area contributed by atoms with Gasteiger partial charge in [0.2, 0.25) is 10.0 Å². The molecule has 1 saturated heterocycles. The fourth-order valence-corrected chi connectivity index (χ4v) is 7.05. The summed E-state index contributed by atoms with van der Waals surface area (Å²) in [6.07, 6.45) is 0.650. The average molecular weight is 479 g/mol. The third kappa shape index (κ3) is 5.28. The molecule has 0 radical (unpaired) electrons. The smallest absolute Gasteiger partial charge is 0.262 e. The summed E-state index contributed by atoms with van der Waals surface area (Å²) < 4.78 is 33.2. The summed E-state index contributed by atoms with van der Waals surface area (Å²) in [7, 11) is -2.44. The van der Waals surface area contributed by atoms with E-state index < -0.39 is 27.4 Å². The first-order chi connectivity index (χ1) is 15.2. The Morgan fingerprint density at radius 2 is 1.84 bits per heavy atom. The number of rotatable bonds is 9. The summed E-state index contributed by atoms with van der Waals surface area (Å²) in [6, 6.07) is 15.2. The minimum Gasteiger partial charge on any atom is -0.497 e. The van der Waals surface area contributed by atoms with Crippen molar-refractivity contribution in [1.29, 1.82) is 0 Å². The fourth-order valence-electron chi connectivity index (χ4n) is 4.27. The zero-order valence-electron chi connectivity index (χ0n) is 18.5. The molecular weight excluding hydrogens is 448 g/mol. The van der Waals surface area contributed by atoms with Crippen molar-refractivity contribution in [2.24, 2.45) is 11.3 Å². The molecule has 0 saturated carbocycles. The predicted molar refractivity (Wildman–Crippen MR) is 125 cm³/mol. The molecule has 2 N–H and O–H groups in total. The van der Waals surface area contributed by atoms with E-state index in [2.05, 4.69) is 12.1 Å². The van der Waals surface area contributed by atoms with Gasteiger partial charge in [0.25, 0.3) is 5.91 Å². The van der Waals surface area contributed by atoms with E-state index in [1.54, 1.807) is 29.4 Å². The van der Waals surface area contributed by atoms with E-state index in [0.717, 1.165) is 11.5 Å². The number of carbonyl (C=O) groups excluding carboxylic acids is 1. The molecule has 1 fully saturated rings. The van der Waals surface area contributed by atoms with Gasteiger partial charge in [-0.25, -0.2) is 13.9 Å². The molecule has 3 rings (SSSR count). The Morgan fingerprint density at radius 3 is 2.44 bits per heavy atom. The van der Waals surface area contributed by atoms with Gasteiger partial charge in [-0.2, -0.15) is 16.1 Å². The highest BCUT2D eigenvalue weighted by Crippen LogP contribution is 2.45. The lowest BCUT2D eigenvalue weighted by atomic mass is 9.77. The number of carbonyl (C=O) groups is 1. The summed E-state index contributed by atoms with van der Waals surface area (Å²) in [6.45, 7) is 4.13. The average Bonchev–Trinajstić information content (AvgIpc) is 3.08. The zero-order valence-corrected chi connectivity index (χ0v) is 20.2. The van der Waals surface area contributed by atoms with Crippen LogP contribution in [0, 0.1) is 11.3 Å². The summed E-state index contributed by atoms with van der Waals surface area (Å²) >= 11 is 1.75. The van der Waals surface area contributed by atoms with Gasteiger partial charge in [-0.1, -0.05) is 44.2 Å². The van der Waals surface area contributed by atoms with E-state index >= 15 is 0 Å². The van der Waals surface area contributed by atoms with E-state index in [9.17, 15) is 18.4 Å². The van der Waals surface area contributed by atoms with E-state index in [0.29, 0.717) is 12.2 Å². The lowest BCUT2D eigenvalue weighted by Crippen LogP contribution is -2.48. The molecule has 1 amide bonds. The molecule has 1 aliphatic heterocycles. The van der Waals surface area contributed by atoms with E-state index in [4.69, 9.17) is 4.74 Å². The van der Waals surface area contributed by atoms with Crippen LogP contribution in [0.25, 0.3) is 0 Å². The van der Waals surface area contributed by atoms with E-state index in [-0.39, 0.29) is 17.4 Å². The summed E-state index contributed by atoms with van der Waals surface area (Å²) in [5.74, 6) is 1.22. The van der Waals surface area contributed by atoms with Gasteiger partial charge in [0.15, 0.2) is 0 Å². The van der Waals surface area contributed by atoms with E-state index in [1.165, 1.54) is 29.1 Å². The summed E-state index contributed by atoms with van der Waals surface area (Å²) in [5, 5.41) is 9.38. The Bertz CT molecular complexity index is 1010. The Kier molecular flexibility index (Phi) is 7.87. The molecule has 0 bridgehead atoms. The van der Waals surface area contributed by atoms with Crippen molar-refractivity contribution in [3.05, 3.63) is 60.2 Å². The number of thioether (sulfide) groups is 1. The molecule has 9 heteroatoms. The molecule has 1 heterocycles. The van der Waals surface area contributed by atoms with Crippen LogP contribution in [0.5, 0.6) is 5.75 Å². The number of amides is 1. The van der Waals surface area contributed by atoms with Crippen LogP contribution in [0.4, 0.5) is 0 Å². The molecular formula is C23H30N2O5S2. The molecule has 1 aliphatic rings. The van der Waals surface area contributed by atoms with Gasteiger partial charge in [0, 0.05) is 12.3 Å². The molecule has 2 unspecified atom stereocenters. The maximum Gasteiger partial charge on any atom is 0.262 e. The van der Waals surface area contributed by atoms with Crippen LogP contribution < -0.4 is 10.2 Å². The van der Waals surface area contributed by atoms with Crippen molar-refractivity contribution in [2.45, 2.75) is 37.0 Å². The third-order valence-corrected chi connectivity index (χ3v) is 8.89. The largest absolute Gasteiger partial charge is 0.497 e. The molecule has 2 atom stereocenters. The van der Waals surface area contributed by atoms with Crippen LogP contribution >= 0.6 is 11.8 Å². The Labute approximate surface area is 194 Å². The molecule has 0 aliphatic carbocycles. The summed E-state index contributed by atoms with van der Waals surface area (Å²) in [4.78, 5) is 12.7. The normalized spacial score (nSPS) is 20.8. The van der Waals surface area contributed by atoms with Gasteiger partial charge in [0.1, 0.15) is 11.8 Å². The number of methoxy groups -OCH3 is 1. The minimum absolute atomic E-state index is 0.0870. The standard InChI is InChI=1S/C23H30N2O5S2/c1-23(2)16-25(32(28,29)19-11-9-18(30-3)10-12-19)21(22(26)24-27)20(23)13-14-31-15-17-7-5-4-6-8-17/h4-12,20-21,27H,13-16H2,1-3H3,(H,24,26). The van der Waals surface area contributed by atoms with Gasteiger partial charge < -0.3 is 4.74 Å². The Balaban J connectivity index is 1.80. The topological polar surface area (TPSA) is 95.9 Å². The molecule has 7 nitrogen and oxygen atoms in total. The highest BCUT2D eigenvalue weighted by atomic mass is 32.2. The fraction of sp³-hybridized carbons (Fsp3) is 0.435. The molecule has 32 heavy (non-hydrogen) atoms. The first-order valence-electron chi connectivity index (χ1n) is 10.4. The van der Waals surface area contributed by atoms with Gasteiger partial charge in [0.05, 0.1) is 12.0 Å². The molecule has 174 valence electrons. The van der Waals surface area contributed by atoms with Crippen molar-refractivity contribution in [1.82, 2.24) is 9.79 Å². The second-order valence-electron chi connectivity index (χ2n) is 8.57. The zero-order chi connectivity index (χ0) is 23.4. The van der Waals surface area contributed by atoms with Crippen molar-refractivity contribution in [3.63, 3.8) is 0 Å². The lowest BCUT2D eigenvalue weighted by Gasteiger charge is -2.29. The Hall–Kier alpha value is -2.07. The van der Waals surface area contributed by atoms with Crippen molar-refractivity contribution < 1.29 is 23.2 Å². The molecule has 0 aromatic heterocycles. The third-order valence-electron chi connectivity index (χ3n) is 5.99. The number of nitrogens with zero attached hydrogens (tertiary/aromatic N) is 1. The van der Waals surface area contributed by atoms with Crippen LogP contribution in [0.15, 0.2) is 59.5 Å². The van der Waals surface area contributed by atoms with Gasteiger partial charge >= 0.3 is 0 Å². The second kappa shape index (κ2) is 10.2. The number of ether oxygens (including phenoxy) is 1. The Morgan fingerprint density at radius 1 is 1.19 bits per heavy atom. The maximum atomic E-state index is 13.4. The van der Waals surface area contributed by atoms with Crippen LogP contribution in [0.1, 0.15) is 25.8 Å². The van der Waals surface area contributed by atoms with Gasteiger partial charge in [-0.05, 0) is 53.3 Å². The quantitative estimate of drug-likeness (QED) is 0.325. The van der Waals surface area contributed by atoms with Crippen LogP contribution in [0.3, 0.4) is 0 Å². The molecule has 2 aromatic carbocycles. The number of benzene rings is 2. The lowest BCUT2D eigenvalue weighted by molar-refractivity contribution is -0.134. The monoisotopic (exact) mass is 478 g/mol. The van der Waals surface area contributed by atoms with Crippen LogP contribution in [-0.2, 0) is 20.6 Å². The summed E-state index contributed by atoms with van der Waals surface area (Å²) in [5.41, 5.74) is 2.47. The maximum absolute atomic E-state index is 13.4. The molecule has 2 aromatic rings. The van der Waals surface area contributed by atoms with Crippen molar-refractivity contribution >= 4 is 27.7 Å². The first kappa shape index (κ1) is 24.6. The predicted octanol–water partition coefficient (Wildman–Crippen LogP) is 3.54. The van der Waals surface area contributed by atoms with Gasteiger partial charge in [-0.3, -0.25) is 10.0 Å². The van der Waals surface area contributed by atoms with Crippen molar-refractivity contribution in [3.8, 4) is 5.75 Å². The SMILES string of the molecule is COc1ccc(S(=O)(=O)N2CC(C)(C)C(CCSCc3ccccc3)C2C(=O)NO)cc1.